The summed E-state index contributed by atoms with van der Waals surface area (Å²) in [5.41, 5.74) is 1.38. The summed E-state index contributed by atoms with van der Waals surface area (Å²) in [7, 11) is 5.35. The van der Waals surface area contributed by atoms with E-state index in [9.17, 15) is 59.8 Å². The van der Waals surface area contributed by atoms with Crippen molar-refractivity contribution in [3.05, 3.63) is 196 Å². The molecule has 0 saturated carbocycles. The van der Waals surface area contributed by atoms with Crippen molar-refractivity contribution in [3.63, 3.8) is 0 Å². The Hall–Kier alpha value is -8.22. The molecule has 3 heterocycles. The average Bonchev–Trinajstić information content (AvgIpc) is 1.59. The van der Waals surface area contributed by atoms with Gasteiger partial charge in [-0.2, -0.15) is 26.3 Å². The van der Waals surface area contributed by atoms with E-state index in [1.54, 1.807) is 23.9 Å². The SMILES string of the molecule is CN(CCN1CCC(N(C(=O)O)c2ccccc2-c2ccccc2)CC1)C(=O)CCCCCN(Cc1ccc(C(=O)N(C)CCCN(C)C(=O)CO[C@H]2Cc3ccccc3C23CCN(CC[C@@]2(c4ccc(F)cc4)CN(C(=O)c4cc(C(F)(F)F)cc(C(F)(F)F)c4)CO2)CC3)cc1)CC(C)(C)C. The largest absolute Gasteiger partial charge is 0.465 e. The van der Waals surface area contributed by atoms with Crippen LogP contribution in [0.25, 0.3) is 11.1 Å². The van der Waals surface area contributed by atoms with Gasteiger partial charge in [-0.25, -0.2) is 9.18 Å². The number of nitrogens with zero attached hydrogens (tertiary/aromatic N) is 8. The van der Waals surface area contributed by atoms with Gasteiger partial charge in [0, 0.05) is 115 Å². The third kappa shape index (κ3) is 19.8. The molecule has 6 aromatic carbocycles. The highest BCUT2D eigenvalue weighted by Gasteiger charge is 2.50. The molecule has 6 aromatic rings. The first-order chi connectivity index (χ1) is 49.0. The lowest BCUT2D eigenvalue weighted by atomic mass is 9.72. The Morgan fingerprint density at radius 2 is 1.26 bits per heavy atom. The lowest BCUT2D eigenvalue weighted by Gasteiger charge is -2.44. The number of carboxylic acid groups (broad SMARTS) is 1. The second kappa shape index (κ2) is 33.7. The van der Waals surface area contributed by atoms with E-state index in [0.717, 1.165) is 84.7 Å². The molecule has 10 rings (SSSR count). The molecular weight excluding hydrogens is 1330 g/mol. The molecule has 1 N–H and O–H groups in total. The Morgan fingerprint density at radius 1 is 0.641 bits per heavy atom. The summed E-state index contributed by atoms with van der Waals surface area (Å²) in [4.78, 5) is 82.0. The average molecular weight is 1430 g/mol. The number of amides is 5. The molecule has 0 radical (unpaired) electrons. The van der Waals surface area contributed by atoms with Crippen molar-refractivity contribution in [2.24, 2.45) is 5.41 Å². The number of likely N-dealkylation sites (tertiary alicyclic amines) is 2. The fourth-order valence-corrected chi connectivity index (χ4v) is 15.3. The Morgan fingerprint density at radius 3 is 1.92 bits per heavy atom. The topological polar surface area (TPSA) is 150 Å². The molecule has 1 spiro atoms. The summed E-state index contributed by atoms with van der Waals surface area (Å²) in [6.07, 6.45) is -4.29. The first-order valence-corrected chi connectivity index (χ1v) is 35.8. The van der Waals surface area contributed by atoms with Crippen molar-refractivity contribution in [1.29, 1.82) is 0 Å². The molecular formula is C80H97F7N8O8. The van der Waals surface area contributed by atoms with Crippen LogP contribution in [0.4, 0.5) is 41.2 Å². The van der Waals surface area contributed by atoms with Crippen molar-refractivity contribution in [2.45, 2.75) is 133 Å². The molecule has 23 heteroatoms. The van der Waals surface area contributed by atoms with Crippen molar-refractivity contribution >= 4 is 35.4 Å². The van der Waals surface area contributed by atoms with E-state index in [2.05, 4.69) is 47.6 Å². The molecule has 2 atom stereocenters. The van der Waals surface area contributed by atoms with Gasteiger partial charge >= 0.3 is 18.4 Å². The zero-order valence-corrected chi connectivity index (χ0v) is 59.9. The van der Waals surface area contributed by atoms with Gasteiger partial charge in [0.25, 0.3) is 11.8 Å². The van der Waals surface area contributed by atoms with Crippen molar-refractivity contribution in [1.82, 2.24) is 34.3 Å². The van der Waals surface area contributed by atoms with Crippen LogP contribution in [-0.4, -0.2) is 194 Å². The Balaban J connectivity index is 0.637. The highest BCUT2D eigenvalue weighted by Crippen LogP contribution is 2.49. The summed E-state index contributed by atoms with van der Waals surface area (Å²) in [5.74, 6) is -1.80. The minimum atomic E-state index is -5.15. The first-order valence-electron chi connectivity index (χ1n) is 35.8. The van der Waals surface area contributed by atoms with Crippen molar-refractivity contribution < 1.29 is 69.3 Å². The number of hydrogen-bond acceptors (Lipinski definition) is 10. The second-order valence-electron chi connectivity index (χ2n) is 29.6. The fraction of sp³-hybridized carbons (Fsp3) is 0.487. The highest BCUT2D eigenvalue weighted by atomic mass is 19.4. The van der Waals surface area contributed by atoms with Gasteiger partial charge in [0.15, 0.2) is 0 Å². The Labute approximate surface area is 600 Å². The number of para-hydroxylation sites is 1. The number of anilines is 1. The summed E-state index contributed by atoms with van der Waals surface area (Å²) in [6.45, 7) is 13.6. The number of likely N-dealkylation sites (N-methyl/N-ethyl adjacent to an activating group) is 2. The highest BCUT2D eigenvalue weighted by molar-refractivity contribution is 5.96. The number of carbonyl (C=O) groups excluding carboxylic acids is 4. The van der Waals surface area contributed by atoms with Crippen LogP contribution < -0.4 is 4.90 Å². The van der Waals surface area contributed by atoms with Gasteiger partial charge in [-0.1, -0.05) is 124 Å². The molecule has 0 aromatic heterocycles. The van der Waals surface area contributed by atoms with E-state index in [1.807, 2.05) is 103 Å². The van der Waals surface area contributed by atoms with Crippen LogP contribution in [0.5, 0.6) is 0 Å². The van der Waals surface area contributed by atoms with Crippen LogP contribution in [0.1, 0.15) is 139 Å². The van der Waals surface area contributed by atoms with E-state index in [4.69, 9.17) is 9.47 Å². The van der Waals surface area contributed by atoms with Crippen LogP contribution in [0.15, 0.2) is 146 Å². The maximum Gasteiger partial charge on any atom is 0.416 e. The minimum absolute atomic E-state index is 0.0269. The number of piperidine rings is 2. The molecule has 103 heavy (non-hydrogen) atoms. The number of fused-ring (bicyclic) bond motifs is 2. The van der Waals surface area contributed by atoms with Gasteiger partial charge < -0.3 is 44.0 Å². The minimum Gasteiger partial charge on any atom is -0.465 e. The maximum absolute atomic E-state index is 14.3. The molecule has 0 unspecified atom stereocenters. The summed E-state index contributed by atoms with van der Waals surface area (Å²) < 4.78 is 110. The molecule has 1 aliphatic carbocycles. The van der Waals surface area contributed by atoms with Gasteiger partial charge in [0.1, 0.15) is 24.8 Å². The number of halogens is 7. The number of ether oxygens (including phenoxy) is 2. The summed E-state index contributed by atoms with van der Waals surface area (Å²) >= 11 is 0. The van der Waals surface area contributed by atoms with Crippen LogP contribution in [0.3, 0.4) is 0 Å². The maximum atomic E-state index is 14.3. The normalized spacial score (nSPS) is 18.1. The van der Waals surface area contributed by atoms with Gasteiger partial charge in [0.2, 0.25) is 11.8 Å². The number of carbonyl (C=O) groups is 5. The lowest BCUT2D eigenvalue weighted by molar-refractivity contribution is -0.143. The van der Waals surface area contributed by atoms with Crippen molar-refractivity contribution in [2.75, 3.05) is 118 Å². The molecule has 3 aliphatic heterocycles. The van der Waals surface area contributed by atoms with Gasteiger partial charge in [0.05, 0.1) is 29.5 Å². The first kappa shape index (κ1) is 77.4. The van der Waals surface area contributed by atoms with E-state index < -0.39 is 64.6 Å². The molecule has 554 valence electrons. The van der Waals surface area contributed by atoms with Gasteiger partial charge in [-0.15, -0.1) is 0 Å². The molecule has 3 saturated heterocycles. The fourth-order valence-electron chi connectivity index (χ4n) is 15.3. The summed E-state index contributed by atoms with van der Waals surface area (Å²) in [6, 6.07) is 39.6. The number of rotatable bonds is 28. The Bertz CT molecular complexity index is 3830. The number of hydrogen-bond donors (Lipinski definition) is 1. The zero-order chi connectivity index (χ0) is 73.9. The quantitative estimate of drug-likeness (QED) is 0.0369. The van der Waals surface area contributed by atoms with Crippen LogP contribution >= 0.6 is 0 Å². The van der Waals surface area contributed by atoms with E-state index >= 15 is 0 Å². The van der Waals surface area contributed by atoms with Crippen molar-refractivity contribution in [3.8, 4) is 11.1 Å². The lowest BCUT2D eigenvalue weighted by Crippen LogP contribution is -2.50. The number of alkyl halides is 6. The van der Waals surface area contributed by atoms with Crippen LogP contribution in [-0.2, 0) is 55.4 Å². The molecule has 3 fully saturated rings. The molecule has 5 amide bonds. The van der Waals surface area contributed by atoms with Crippen LogP contribution in [0.2, 0.25) is 0 Å². The predicted molar refractivity (Wildman–Crippen MR) is 382 cm³/mol. The number of unbranched alkanes of at least 4 members (excludes halogenated alkanes) is 2. The third-order valence-electron chi connectivity index (χ3n) is 21.0. The standard InChI is InChI=1S/C80H97F7N8O8/c1-76(2,3)54-93(40-16-8-11-24-71(96)89(5)46-47-91-41-33-66(34-42-91)95(75(100)101)69-23-15-13-21-67(69)58-18-9-7-10-19-58)52-57-25-27-59(28-26-57)73(98)90(6)39-17-38-88(4)72(97)53-102-70-50-60-20-12-14-22-68(60)77(70)35-43-92(44-36-77)45-37-78(62-29-31-65(81)32-30-62)55-94(56-103-78)74(99)61-48-63(79(82,83)84)51-64(49-61)80(85,86)87/h7,9-10,12-15,18-23,25-32,48-49,51,66,70H,8,11,16-17,24,33-47,50,52-56H2,1-6H3,(H,100,101)/t70-,78-/m0/s1. The van der Waals surface area contributed by atoms with Gasteiger partial charge in [-0.05, 0) is 159 Å². The zero-order valence-electron chi connectivity index (χ0n) is 59.9. The molecule has 16 nitrogen and oxygen atoms in total. The van der Waals surface area contributed by atoms with E-state index in [1.165, 1.54) is 29.2 Å². The van der Waals surface area contributed by atoms with Crippen LogP contribution in [0, 0.1) is 11.2 Å². The summed E-state index contributed by atoms with van der Waals surface area (Å²) in [5, 5.41) is 10.4. The van der Waals surface area contributed by atoms with Gasteiger partial charge in [-0.3, -0.25) is 29.0 Å². The molecule has 0 bridgehead atoms. The third-order valence-corrected chi connectivity index (χ3v) is 21.0. The smallest absolute Gasteiger partial charge is 0.416 e. The second-order valence-corrected chi connectivity index (χ2v) is 29.6. The molecule has 4 aliphatic rings. The monoisotopic (exact) mass is 1430 g/mol. The van der Waals surface area contributed by atoms with E-state index in [-0.39, 0.29) is 60.9 Å². The van der Waals surface area contributed by atoms with E-state index in [0.29, 0.717) is 120 Å². The Kier molecular flexibility index (Phi) is 25.3. The number of benzene rings is 6. The predicted octanol–water partition coefficient (Wildman–Crippen LogP) is 14.4.